The van der Waals surface area contributed by atoms with Gasteiger partial charge in [-0.15, -0.1) is 0 Å². The lowest BCUT2D eigenvalue weighted by Crippen LogP contribution is -2.34. The smallest absolute Gasteiger partial charge is 0.122 e. The molecule has 2 nitrogen and oxygen atoms in total. The predicted octanol–water partition coefficient (Wildman–Crippen LogP) is 4.79. The van der Waals surface area contributed by atoms with E-state index < -0.39 is 0 Å². The van der Waals surface area contributed by atoms with E-state index in [1.54, 1.807) is 7.11 Å². The van der Waals surface area contributed by atoms with E-state index in [0.717, 1.165) is 12.3 Å². The molecule has 0 amide bonds. The Hall–Kier alpha value is -1.02. The predicted molar refractivity (Wildman–Crippen MR) is 90.0 cm³/mol. The van der Waals surface area contributed by atoms with Crippen LogP contribution in [0.2, 0.25) is 0 Å². The highest BCUT2D eigenvalue weighted by Gasteiger charge is 2.40. The van der Waals surface area contributed by atoms with Gasteiger partial charge in [-0.2, -0.15) is 0 Å². The molecule has 2 rings (SSSR count). The van der Waals surface area contributed by atoms with Gasteiger partial charge < -0.3 is 10.1 Å². The van der Waals surface area contributed by atoms with E-state index in [9.17, 15) is 0 Å². The monoisotopic (exact) mass is 289 g/mol. The zero-order chi connectivity index (χ0) is 15.6. The van der Waals surface area contributed by atoms with Gasteiger partial charge in [-0.1, -0.05) is 33.3 Å². The minimum absolute atomic E-state index is 0.424. The molecule has 21 heavy (non-hydrogen) atoms. The Morgan fingerprint density at radius 1 is 1.29 bits per heavy atom. The summed E-state index contributed by atoms with van der Waals surface area (Å²) in [5.41, 5.74) is 4.45. The second-order valence-electron chi connectivity index (χ2n) is 7.20. The van der Waals surface area contributed by atoms with Gasteiger partial charge in [0.1, 0.15) is 5.75 Å². The van der Waals surface area contributed by atoms with Gasteiger partial charge in [-0.3, -0.25) is 0 Å². The average Bonchev–Trinajstić information content (AvgIpc) is 2.78. The molecule has 2 atom stereocenters. The van der Waals surface area contributed by atoms with E-state index in [2.05, 4.69) is 52.1 Å². The number of nitrogens with one attached hydrogen (secondary N) is 1. The van der Waals surface area contributed by atoms with E-state index in [1.165, 1.54) is 36.0 Å². The van der Waals surface area contributed by atoms with E-state index in [0.29, 0.717) is 17.4 Å². The van der Waals surface area contributed by atoms with Crippen LogP contribution in [0.4, 0.5) is 0 Å². The maximum absolute atomic E-state index is 5.47. The number of hydrogen-bond donors (Lipinski definition) is 1. The van der Waals surface area contributed by atoms with Crippen LogP contribution in [0.3, 0.4) is 0 Å². The quantitative estimate of drug-likeness (QED) is 0.841. The third-order valence-electron chi connectivity index (χ3n) is 5.29. The molecule has 0 spiro atoms. The molecular weight excluding hydrogens is 258 g/mol. The van der Waals surface area contributed by atoms with E-state index >= 15 is 0 Å². The van der Waals surface area contributed by atoms with Gasteiger partial charge in [0.05, 0.1) is 7.11 Å². The van der Waals surface area contributed by atoms with Crippen LogP contribution in [-0.2, 0) is 0 Å². The first-order valence-electron chi connectivity index (χ1n) is 8.29. The molecular formula is C19H31NO. The lowest BCUT2D eigenvalue weighted by Gasteiger charge is -2.36. The molecule has 2 unspecified atom stereocenters. The fourth-order valence-corrected chi connectivity index (χ4v) is 4.03. The van der Waals surface area contributed by atoms with E-state index in [-0.39, 0.29) is 0 Å². The highest BCUT2D eigenvalue weighted by Crippen LogP contribution is 2.49. The molecule has 1 N–H and O–H groups in total. The second-order valence-corrected chi connectivity index (χ2v) is 7.20. The van der Waals surface area contributed by atoms with Gasteiger partial charge in [0.15, 0.2) is 0 Å². The zero-order valence-electron chi connectivity index (χ0n) is 14.5. The molecule has 1 aliphatic rings. The van der Waals surface area contributed by atoms with Crippen molar-refractivity contribution in [2.45, 2.75) is 59.9 Å². The number of ether oxygens (including phenoxy) is 1. The molecule has 2 heteroatoms. The first kappa shape index (κ1) is 16.4. The minimum Gasteiger partial charge on any atom is -0.496 e. The van der Waals surface area contributed by atoms with Crippen molar-refractivity contribution >= 4 is 0 Å². The van der Waals surface area contributed by atoms with Crippen molar-refractivity contribution in [1.29, 1.82) is 0 Å². The average molecular weight is 289 g/mol. The van der Waals surface area contributed by atoms with Crippen LogP contribution in [0.1, 0.15) is 62.8 Å². The van der Waals surface area contributed by atoms with Gasteiger partial charge in [0.25, 0.3) is 0 Å². The lowest BCUT2D eigenvalue weighted by molar-refractivity contribution is 0.198. The zero-order valence-corrected chi connectivity index (χ0v) is 14.5. The molecule has 0 aliphatic heterocycles. The number of aryl methyl sites for hydroxylation is 2. The Morgan fingerprint density at radius 2 is 2.00 bits per heavy atom. The topological polar surface area (TPSA) is 21.3 Å². The second kappa shape index (κ2) is 6.39. The summed E-state index contributed by atoms with van der Waals surface area (Å²) in [5, 5.41) is 3.76. The minimum atomic E-state index is 0.424. The molecule has 0 heterocycles. The van der Waals surface area contributed by atoms with Crippen LogP contribution in [0.5, 0.6) is 5.75 Å². The number of benzene rings is 1. The maximum Gasteiger partial charge on any atom is 0.122 e. The van der Waals surface area contributed by atoms with Crippen molar-refractivity contribution in [3.63, 3.8) is 0 Å². The Labute approximate surface area is 130 Å². The van der Waals surface area contributed by atoms with Crippen molar-refractivity contribution in [2.24, 2.45) is 11.3 Å². The summed E-state index contributed by atoms with van der Waals surface area (Å²) in [6.07, 6.45) is 4.02. The van der Waals surface area contributed by atoms with Crippen LogP contribution in [0.25, 0.3) is 0 Å². The summed E-state index contributed by atoms with van der Waals surface area (Å²) < 4.78 is 5.47. The van der Waals surface area contributed by atoms with Gasteiger partial charge in [-0.25, -0.2) is 0 Å². The summed E-state index contributed by atoms with van der Waals surface area (Å²) >= 11 is 0. The van der Waals surface area contributed by atoms with E-state index in [1.807, 2.05) is 0 Å². The van der Waals surface area contributed by atoms with Crippen LogP contribution >= 0.6 is 0 Å². The van der Waals surface area contributed by atoms with Crippen molar-refractivity contribution in [2.75, 3.05) is 13.7 Å². The molecule has 1 fully saturated rings. The van der Waals surface area contributed by atoms with Crippen LogP contribution in [0.15, 0.2) is 12.1 Å². The third kappa shape index (κ3) is 3.26. The molecule has 0 bridgehead atoms. The van der Waals surface area contributed by atoms with Crippen molar-refractivity contribution in [1.82, 2.24) is 5.32 Å². The first-order valence-corrected chi connectivity index (χ1v) is 8.29. The van der Waals surface area contributed by atoms with Gasteiger partial charge in [0.2, 0.25) is 0 Å². The molecule has 0 radical (unpaired) electrons. The SMILES string of the molecule is CCNC(c1cc(C)c(OC)cc1C)C1CCCC1(C)C. The largest absolute Gasteiger partial charge is 0.496 e. The molecule has 1 aliphatic carbocycles. The lowest BCUT2D eigenvalue weighted by atomic mass is 9.74. The molecule has 118 valence electrons. The first-order chi connectivity index (χ1) is 9.90. The summed E-state index contributed by atoms with van der Waals surface area (Å²) in [7, 11) is 1.75. The van der Waals surface area contributed by atoms with Crippen LogP contribution in [0, 0.1) is 25.2 Å². The van der Waals surface area contributed by atoms with Crippen molar-refractivity contribution in [3.05, 3.63) is 28.8 Å². The summed E-state index contributed by atoms with van der Waals surface area (Å²) in [4.78, 5) is 0. The fraction of sp³-hybridized carbons (Fsp3) is 0.684. The van der Waals surface area contributed by atoms with E-state index in [4.69, 9.17) is 4.74 Å². The van der Waals surface area contributed by atoms with Gasteiger partial charge in [-0.05, 0) is 67.3 Å². The highest BCUT2D eigenvalue weighted by molar-refractivity contribution is 5.43. The van der Waals surface area contributed by atoms with Gasteiger partial charge >= 0.3 is 0 Å². The normalized spacial score (nSPS) is 22.3. The summed E-state index contributed by atoms with van der Waals surface area (Å²) in [6, 6.07) is 4.98. The number of rotatable bonds is 5. The van der Waals surface area contributed by atoms with Crippen molar-refractivity contribution in [3.8, 4) is 5.75 Å². The highest BCUT2D eigenvalue weighted by atomic mass is 16.5. The third-order valence-corrected chi connectivity index (χ3v) is 5.29. The Bertz CT molecular complexity index is 493. The Balaban J connectivity index is 2.41. The number of hydrogen-bond acceptors (Lipinski definition) is 2. The maximum atomic E-state index is 5.47. The van der Waals surface area contributed by atoms with Gasteiger partial charge in [0, 0.05) is 6.04 Å². The molecule has 1 aromatic rings. The standard InChI is InChI=1S/C19H31NO/c1-7-20-18(16-9-8-10-19(16,4)5)15-11-14(3)17(21-6)12-13(15)2/h11-12,16,18,20H,7-10H2,1-6H3. The van der Waals surface area contributed by atoms with Crippen LogP contribution < -0.4 is 10.1 Å². The Kier molecular flexibility index (Phi) is 4.98. The molecule has 1 aromatic carbocycles. The van der Waals surface area contributed by atoms with Crippen molar-refractivity contribution < 1.29 is 4.74 Å². The molecule has 0 aromatic heterocycles. The summed E-state index contributed by atoms with van der Waals surface area (Å²) in [6.45, 7) is 12.4. The molecule has 0 saturated heterocycles. The van der Waals surface area contributed by atoms with Crippen LogP contribution in [-0.4, -0.2) is 13.7 Å². The molecule has 1 saturated carbocycles. The fourth-order valence-electron chi connectivity index (χ4n) is 4.03. The summed E-state index contributed by atoms with van der Waals surface area (Å²) in [5.74, 6) is 1.71. The Morgan fingerprint density at radius 3 is 2.52 bits per heavy atom. The number of methoxy groups -OCH3 is 1.